The molecule has 0 spiro atoms. The summed E-state index contributed by atoms with van der Waals surface area (Å²) in [4.78, 5) is 36.9. The molecule has 0 N–H and O–H groups in total. The van der Waals surface area contributed by atoms with E-state index < -0.39 is 28.6 Å². The van der Waals surface area contributed by atoms with Crippen LogP contribution in [-0.2, 0) is 9.53 Å². The van der Waals surface area contributed by atoms with E-state index in [9.17, 15) is 19.7 Å². The number of hydrogen-bond donors (Lipinski definition) is 0. The maximum absolute atomic E-state index is 13.1. The van der Waals surface area contributed by atoms with E-state index in [2.05, 4.69) is 13.8 Å². The molecule has 0 aliphatic heterocycles. The average molecular weight is 512 g/mol. The smallest absolute Gasteiger partial charge is 0.382 e. The highest BCUT2D eigenvalue weighted by molar-refractivity contribution is 7.10. The topological polar surface area (TPSA) is 114 Å². The summed E-state index contributed by atoms with van der Waals surface area (Å²) in [6.07, 6.45) is 0.976. The molecule has 9 nitrogen and oxygen atoms in total. The normalized spacial score (nSPS) is 11.4. The molecule has 0 aliphatic rings. The molecule has 2 rings (SSSR count). The molecule has 0 amide bonds. The minimum Gasteiger partial charge on any atom is -0.493 e. The third kappa shape index (κ3) is 9.20. The summed E-state index contributed by atoms with van der Waals surface area (Å²) in [6, 6.07) is 4.61. The van der Waals surface area contributed by atoms with Crippen molar-refractivity contribution >= 4 is 23.1 Å². The Morgan fingerprint density at radius 3 is 1.94 bits per heavy atom. The van der Waals surface area contributed by atoms with Gasteiger partial charge in [-0.05, 0) is 30.5 Å². The Morgan fingerprint density at radius 2 is 1.57 bits per heavy atom. The Hall–Kier alpha value is -3.14. The Labute approximate surface area is 211 Å². The number of ketones is 1. The van der Waals surface area contributed by atoms with Crippen LogP contribution >= 0.6 is 11.3 Å². The van der Waals surface area contributed by atoms with Crippen LogP contribution in [0.3, 0.4) is 0 Å². The van der Waals surface area contributed by atoms with Gasteiger partial charge in [0.2, 0.25) is 5.75 Å². The van der Waals surface area contributed by atoms with Gasteiger partial charge in [0.15, 0.2) is 17.3 Å². The molecule has 0 saturated heterocycles. The minimum atomic E-state index is -1.70. The van der Waals surface area contributed by atoms with Gasteiger partial charge in [-0.3, -0.25) is 14.9 Å². The van der Waals surface area contributed by atoms with Gasteiger partial charge >= 0.3 is 12.0 Å². The van der Waals surface area contributed by atoms with Crippen molar-refractivity contribution in [2.24, 2.45) is 0 Å². The molecule has 0 aliphatic carbocycles. The van der Waals surface area contributed by atoms with Gasteiger partial charge in [-0.25, -0.2) is 4.79 Å². The molecule has 0 saturated carbocycles. The van der Waals surface area contributed by atoms with Crippen LogP contribution in [0.2, 0.25) is 0 Å². The first-order valence-electron chi connectivity index (χ1n) is 11.5. The van der Waals surface area contributed by atoms with E-state index in [1.165, 1.54) is 51.2 Å². The third-order valence-electron chi connectivity index (χ3n) is 4.44. The Kier molecular flexibility index (Phi) is 15.8. The van der Waals surface area contributed by atoms with Crippen molar-refractivity contribution in [1.82, 2.24) is 0 Å². The monoisotopic (exact) mass is 511 g/mol. The maximum Gasteiger partial charge on any atom is 0.382 e. The van der Waals surface area contributed by atoms with Crippen LogP contribution in [-0.4, -0.2) is 50.7 Å². The molecule has 1 heterocycles. The number of Topliss-reactive ketones (excluding diaryl/α,β-unsaturated/α-hetero) is 1. The highest BCUT2D eigenvalue weighted by Crippen LogP contribution is 2.39. The average Bonchev–Trinajstić information content (AvgIpc) is 3.39. The standard InChI is InChI=1S/C20H23NO8S.C3H8.C2H6/c1-5-29-20(23)18(21(24)25)13(17-7-6-8-30-17)11-14(22)12-9-15(26-2)19(28-4)16(10-12)27-3;1-3-2;1-2/h6-10,13,18H,5,11H2,1-4H3;3H2,1-2H3;1-2H3. The van der Waals surface area contributed by atoms with E-state index in [1.807, 2.05) is 13.8 Å². The summed E-state index contributed by atoms with van der Waals surface area (Å²) in [5.74, 6) is -1.48. The van der Waals surface area contributed by atoms with Crippen molar-refractivity contribution in [1.29, 1.82) is 0 Å². The maximum atomic E-state index is 13.1. The van der Waals surface area contributed by atoms with Crippen molar-refractivity contribution in [2.45, 2.75) is 59.4 Å². The van der Waals surface area contributed by atoms with Crippen LogP contribution in [0.15, 0.2) is 29.6 Å². The summed E-state index contributed by atoms with van der Waals surface area (Å²) in [5.41, 5.74) is 0.219. The summed E-state index contributed by atoms with van der Waals surface area (Å²) in [7, 11) is 4.28. The zero-order chi connectivity index (χ0) is 27.0. The zero-order valence-corrected chi connectivity index (χ0v) is 22.6. The summed E-state index contributed by atoms with van der Waals surface area (Å²) in [6.45, 7) is 9.82. The van der Waals surface area contributed by atoms with E-state index in [0.29, 0.717) is 10.6 Å². The van der Waals surface area contributed by atoms with E-state index in [-0.39, 0.29) is 30.1 Å². The minimum absolute atomic E-state index is 0.00115. The van der Waals surface area contributed by atoms with Crippen LogP contribution < -0.4 is 14.2 Å². The Bertz CT molecular complexity index is 889. The van der Waals surface area contributed by atoms with E-state index in [0.717, 1.165) is 0 Å². The van der Waals surface area contributed by atoms with Gasteiger partial charge in [0.05, 0.1) is 33.9 Å². The predicted molar refractivity (Wildman–Crippen MR) is 137 cm³/mol. The first kappa shape index (κ1) is 31.9. The van der Waals surface area contributed by atoms with E-state index in [4.69, 9.17) is 18.9 Å². The molecule has 196 valence electrons. The van der Waals surface area contributed by atoms with Crippen molar-refractivity contribution < 1.29 is 33.5 Å². The fraction of sp³-hybridized carbons (Fsp3) is 0.520. The van der Waals surface area contributed by atoms with Gasteiger partial charge in [0.1, 0.15) is 0 Å². The number of nitro groups is 1. The second-order valence-electron chi connectivity index (χ2n) is 6.85. The number of thiophene rings is 1. The molecular weight excluding hydrogens is 474 g/mol. The van der Waals surface area contributed by atoms with E-state index in [1.54, 1.807) is 24.4 Å². The number of methoxy groups -OCH3 is 3. The zero-order valence-electron chi connectivity index (χ0n) is 21.8. The molecule has 0 bridgehead atoms. The number of carbonyl (C=O) groups is 2. The summed E-state index contributed by atoms with van der Waals surface area (Å²) in [5, 5.41) is 13.4. The molecule has 35 heavy (non-hydrogen) atoms. The van der Waals surface area contributed by atoms with Crippen molar-refractivity contribution in [3.05, 3.63) is 50.2 Å². The number of hydrogen-bond acceptors (Lipinski definition) is 9. The van der Waals surface area contributed by atoms with Crippen LogP contribution in [0.5, 0.6) is 17.2 Å². The summed E-state index contributed by atoms with van der Waals surface area (Å²) < 4.78 is 20.7. The van der Waals surface area contributed by atoms with Crippen molar-refractivity contribution in [3.8, 4) is 17.2 Å². The largest absolute Gasteiger partial charge is 0.493 e. The van der Waals surface area contributed by atoms with Crippen molar-refractivity contribution in [3.63, 3.8) is 0 Å². The number of nitrogens with zero attached hydrogens (tertiary/aromatic N) is 1. The highest BCUT2D eigenvalue weighted by atomic mass is 32.1. The second-order valence-corrected chi connectivity index (χ2v) is 7.83. The van der Waals surface area contributed by atoms with Crippen LogP contribution in [0.25, 0.3) is 0 Å². The number of ether oxygens (including phenoxy) is 4. The van der Waals surface area contributed by atoms with E-state index >= 15 is 0 Å². The van der Waals surface area contributed by atoms with Gasteiger partial charge < -0.3 is 18.9 Å². The molecule has 2 aromatic rings. The lowest BCUT2D eigenvalue weighted by molar-refractivity contribution is -0.514. The fourth-order valence-electron chi connectivity index (χ4n) is 3.05. The molecule has 0 radical (unpaired) electrons. The fourth-order valence-corrected chi connectivity index (χ4v) is 3.91. The molecule has 2 unspecified atom stereocenters. The van der Waals surface area contributed by atoms with Gasteiger partial charge in [-0.1, -0.05) is 40.2 Å². The molecule has 2 atom stereocenters. The number of benzene rings is 1. The molecule has 10 heteroatoms. The predicted octanol–water partition coefficient (Wildman–Crippen LogP) is 5.78. The van der Waals surface area contributed by atoms with Gasteiger partial charge in [-0.15, -0.1) is 11.3 Å². The second kappa shape index (κ2) is 17.3. The Balaban J connectivity index is 0.00000214. The lowest BCUT2D eigenvalue weighted by atomic mass is 9.90. The van der Waals surface area contributed by atoms with Gasteiger partial charge in [0.25, 0.3) is 0 Å². The highest BCUT2D eigenvalue weighted by Gasteiger charge is 2.43. The number of carbonyl (C=O) groups excluding carboxylic acids is 2. The van der Waals surface area contributed by atoms with Crippen LogP contribution in [0.4, 0.5) is 0 Å². The number of esters is 1. The lowest BCUT2D eigenvalue weighted by Crippen LogP contribution is -2.38. The SMILES string of the molecule is CC.CCC.CCOC(=O)C(C(CC(=O)c1cc(OC)c(OC)c(OC)c1)c1cccs1)[N+](=O)[O-]. The van der Waals surface area contributed by atoms with Gasteiger partial charge in [-0.2, -0.15) is 0 Å². The quantitative estimate of drug-likeness (QED) is 0.161. The molecular formula is C25H37NO8S. The molecule has 1 aromatic heterocycles. The third-order valence-corrected chi connectivity index (χ3v) is 5.44. The molecule has 1 aromatic carbocycles. The lowest BCUT2D eigenvalue weighted by Gasteiger charge is -2.19. The first-order valence-corrected chi connectivity index (χ1v) is 12.3. The van der Waals surface area contributed by atoms with Crippen LogP contribution in [0.1, 0.15) is 68.6 Å². The first-order chi connectivity index (χ1) is 16.8. The van der Waals surface area contributed by atoms with Crippen molar-refractivity contribution in [2.75, 3.05) is 27.9 Å². The number of rotatable bonds is 11. The summed E-state index contributed by atoms with van der Waals surface area (Å²) >= 11 is 1.24. The van der Waals surface area contributed by atoms with Crippen LogP contribution in [0, 0.1) is 10.1 Å². The molecule has 0 fully saturated rings. The van der Waals surface area contributed by atoms with Gasteiger partial charge in [0, 0.05) is 21.8 Å². The Morgan fingerprint density at radius 1 is 1.03 bits per heavy atom.